The van der Waals surface area contributed by atoms with E-state index in [9.17, 15) is 0 Å². The van der Waals surface area contributed by atoms with Crippen LogP contribution >= 0.6 is 11.6 Å². The number of guanidine groups is 1. The molecule has 6 nitrogen and oxygen atoms in total. The number of likely N-dealkylation sites (tertiary alicyclic amines) is 1. The molecule has 0 saturated carbocycles. The Kier molecular flexibility index (Phi) is 8.45. The SMILES string of the molecule is CCNC(=NCC1(N2CCCC2)CCOCC1)NCCc1ccc(OC)cc1Cl. The summed E-state index contributed by atoms with van der Waals surface area (Å²) in [4.78, 5) is 7.63. The highest BCUT2D eigenvalue weighted by Crippen LogP contribution is 2.31. The van der Waals surface area contributed by atoms with Crippen molar-refractivity contribution in [1.29, 1.82) is 0 Å². The molecule has 1 aromatic carbocycles. The van der Waals surface area contributed by atoms with Gasteiger partial charge in [-0.1, -0.05) is 17.7 Å². The Labute approximate surface area is 180 Å². The molecule has 7 heteroatoms. The number of hydrogen-bond donors (Lipinski definition) is 2. The lowest BCUT2D eigenvalue weighted by molar-refractivity contribution is -0.0139. The molecule has 0 aliphatic carbocycles. The van der Waals surface area contributed by atoms with Crippen molar-refractivity contribution in [3.05, 3.63) is 28.8 Å². The van der Waals surface area contributed by atoms with Crippen LogP contribution in [0.5, 0.6) is 5.75 Å². The summed E-state index contributed by atoms with van der Waals surface area (Å²) in [6.45, 7) is 8.59. The van der Waals surface area contributed by atoms with Crippen LogP contribution in [0.25, 0.3) is 0 Å². The van der Waals surface area contributed by atoms with Crippen LogP contribution in [-0.4, -0.2) is 69.4 Å². The molecule has 0 radical (unpaired) electrons. The molecular formula is C22H35ClN4O2. The molecule has 2 fully saturated rings. The number of ether oxygens (including phenoxy) is 2. The van der Waals surface area contributed by atoms with E-state index in [0.717, 1.165) is 74.4 Å². The lowest BCUT2D eigenvalue weighted by Crippen LogP contribution is -2.54. The number of hydrogen-bond acceptors (Lipinski definition) is 4. The van der Waals surface area contributed by atoms with Gasteiger partial charge in [0.15, 0.2) is 5.96 Å². The number of benzene rings is 1. The third kappa shape index (κ3) is 6.00. The van der Waals surface area contributed by atoms with Crippen molar-refractivity contribution in [2.75, 3.05) is 53.0 Å². The highest BCUT2D eigenvalue weighted by atomic mass is 35.5. The van der Waals surface area contributed by atoms with Crippen molar-refractivity contribution in [2.45, 2.75) is 44.6 Å². The summed E-state index contributed by atoms with van der Waals surface area (Å²) >= 11 is 6.37. The predicted molar refractivity (Wildman–Crippen MR) is 119 cm³/mol. The maximum atomic E-state index is 6.37. The maximum absolute atomic E-state index is 6.37. The molecule has 0 atom stereocenters. The van der Waals surface area contributed by atoms with Gasteiger partial charge in [0.25, 0.3) is 0 Å². The minimum Gasteiger partial charge on any atom is -0.497 e. The predicted octanol–water partition coefficient (Wildman–Crippen LogP) is 3.09. The summed E-state index contributed by atoms with van der Waals surface area (Å²) in [5.74, 6) is 1.66. The summed E-state index contributed by atoms with van der Waals surface area (Å²) in [6, 6.07) is 5.84. The lowest BCUT2D eigenvalue weighted by atomic mass is 9.88. The third-order valence-electron chi connectivity index (χ3n) is 6.02. The number of nitrogens with one attached hydrogen (secondary N) is 2. The second-order valence-corrected chi connectivity index (χ2v) is 8.27. The van der Waals surface area contributed by atoms with Crippen LogP contribution in [0.1, 0.15) is 38.2 Å². The molecule has 162 valence electrons. The first-order valence-corrected chi connectivity index (χ1v) is 11.2. The van der Waals surface area contributed by atoms with Gasteiger partial charge < -0.3 is 20.1 Å². The van der Waals surface area contributed by atoms with Crippen molar-refractivity contribution in [3.8, 4) is 5.75 Å². The normalized spacial score (nSPS) is 19.9. The van der Waals surface area contributed by atoms with Gasteiger partial charge in [-0.15, -0.1) is 0 Å². The average molecular weight is 423 g/mol. The molecule has 29 heavy (non-hydrogen) atoms. The first-order valence-electron chi connectivity index (χ1n) is 10.8. The molecule has 2 saturated heterocycles. The highest BCUT2D eigenvalue weighted by Gasteiger charge is 2.39. The molecular weight excluding hydrogens is 388 g/mol. The fraction of sp³-hybridized carbons (Fsp3) is 0.682. The van der Waals surface area contributed by atoms with Crippen molar-refractivity contribution in [3.63, 3.8) is 0 Å². The monoisotopic (exact) mass is 422 g/mol. The van der Waals surface area contributed by atoms with Gasteiger partial charge in [-0.3, -0.25) is 9.89 Å². The van der Waals surface area contributed by atoms with Crippen LogP contribution in [0.3, 0.4) is 0 Å². The van der Waals surface area contributed by atoms with E-state index in [1.165, 1.54) is 25.9 Å². The van der Waals surface area contributed by atoms with Gasteiger partial charge in [-0.05, 0) is 69.8 Å². The molecule has 0 unspecified atom stereocenters. The second-order valence-electron chi connectivity index (χ2n) is 7.86. The number of aliphatic imine (C=N–C) groups is 1. The number of halogens is 1. The zero-order valence-corrected chi connectivity index (χ0v) is 18.6. The zero-order valence-electron chi connectivity index (χ0n) is 17.8. The van der Waals surface area contributed by atoms with Gasteiger partial charge in [0.1, 0.15) is 5.75 Å². The van der Waals surface area contributed by atoms with Gasteiger partial charge in [-0.25, -0.2) is 0 Å². The van der Waals surface area contributed by atoms with E-state index in [0.29, 0.717) is 0 Å². The molecule has 0 spiro atoms. The fourth-order valence-corrected chi connectivity index (χ4v) is 4.52. The van der Waals surface area contributed by atoms with Gasteiger partial charge in [0.05, 0.1) is 13.7 Å². The van der Waals surface area contributed by atoms with Gasteiger partial charge >= 0.3 is 0 Å². The maximum Gasteiger partial charge on any atom is 0.191 e. The molecule has 0 amide bonds. The largest absolute Gasteiger partial charge is 0.497 e. The molecule has 2 N–H and O–H groups in total. The molecule has 0 aromatic heterocycles. The Bertz CT molecular complexity index is 671. The number of nitrogens with zero attached hydrogens (tertiary/aromatic N) is 2. The van der Waals surface area contributed by atoms with E-state index in [1.54, 1.807) is 7.11 Å². The third-order valence-corrected chi connectivity index (χ3v) is 6.37. The van der Waals surface area contributed by atoms with Crippen LogP contribution in [0.2, 0.25) is 5.02 Å². The first-order chi connectivity index (χ1) is 14.2. The molecule has 2 heterocycles. The van der Waals surface area contributed by atoms with E-state index in [4.69, 9.17) is 26.1 Å². The van der Waals surface area contributed by atoms with Gasteiger partial charge in [0.2, 0.25) is 0 Å². The number of methoxy groups -OCH3 is 1. The van der Waals surface area contributed by atoms with Gasteiger partial charge in [-0.2, -0.15) is 0 Å². The Morgan fingerprint density at radius 2 is 2.00 bits per heavy atom. The fourth-order valence-electron chi connectivity index (χ4n) is 4.26. The standard InChI is InChI=1S/C22H35ClN4O2/c1-3-24-21(25-11-8-18-6-7-19(28-2)16-20(18)23)26-17-22(9-14-29-15-10-22)27-12-4-5-13-27/h6-7,16H,3-5,8-15,17H2,1-2H3,(H2,24,25,26). The lowest BCUT2D eigenvalue weighted by Gasteiger charge is -2.43. The van der Waals surface area contributed by atoms with Crippen molar-refractivity contribution >= 4 is 17.6 Å². The molecule has 1 aromatic rings. The Morgan fingerprint density at radius 3 is 2.66 bits per heavy atom. The summed E-state index contributed by atoms with van der Waals surface area (Å²) in [7, 11) is 1.65. The summed E-state index contributed by atoms with van der Waals surface area (Å²) < 4.78 is 10.9. The van der Waals surface area contributed by atoms with Crippen molar-refractivity contribution < 1.29 is 9.47 Å². The Hall–Kier alpha value is -1.50. The van der Waals surface area contributed by atoms with Crippen LogP contribution < -0.4 is 15.4 Å². The van der Waals surface area contributed by atoms with Gasteiger partial charge in [0, 0.05) is 36.9 Å². The van der Waals surface area contributed by atoms with Crippen molar-refractivity contribution in [2.24, 2.45) is 4.99 Å². The van der Waals surface area contributed by atoms with E-state index < -0.39 is 0 Å². The van der Waals surface area contributed by atoms with Crippen molar-refractivity contribution in [1.82, 2.24) is 15.5 Å². The Balaban J connectivity index is 1.59. The smallest absolute Gasteiger partial charge is 0.191 e. The molecule has 3 rings (SSSR count). The van der Waals surface area contributed by atoms with Crippen LogP contribution in [0.4, 0.5) is 0 Å². The number of rotatable bonds is 8. The second kappa shape index (κ2) is 11.0. The summed E-state index contributed by atoms with van der Waals surface area (Å²) in [5.41, 5.74) is 1.25. The highest BCUT2D eigenvalue weighted by molar-refractivity contribution is 6.31. The topological polar surface area (TPSA) is 58.1 Å². The summed E-state index contributed by atoms with van der Waals surface area (Å²) in [6.07, 6.45) is 5.56. The van der Waals surface area contributed by atoms with Crippen LogP contribution in [0, 0.1) is 0 Å². The van der Waals surface area contributed by atoms with E-state index in [1.807, 2.05) is 18.2 Å². The summed E-state index contributed by atoms with van der Waals surface area (Å²) in [5, 5.41) is 7.60. The quantitative estimate of drug-likeness (QED) is 0.498. The van der Waals surface area contributed by atoms with E-state index >= 15 is 0 Å². The average Bonchev–Trinajstić information content (AvgIpc) is 3.29. The zero-order chi connectivity index (χ0) is 20.5. The minimum atomic E-state index is 0.149. The van der Waals surface area contributed by atoms with Crippen LogP contribution in [0.15, 0.2) is 23.2 Å². The molecule has 2 aliphatic rings. The minimum absolute atomic E-state index is 0.149. The molecule has 2 aliphatic heterocycles. The van der Waals surface area contributed by atoms with E-state index in [2.05, 4.69) is 22.5 Å². The first kappa shape index (κ1) is 22.2. The molecule has 0 bridgehead atoms. The van der Waals surface area contributed by atoms with Crippen LogP contribution in [-0.2, 0) is 11.2 Å². The van der Waals surface area contributed by atoms with E-state index in [-0.39, 0.29) is 5.54 Å². The Morgan fingerprint density at radius 1 is 1.24 bits per heavy atom.